The number of amides is 1. The summed E-state index contributed by atoms with van der Waals surface area (Å²) < 4.78 is 10.1. The number of para-hydroxylation sites is 1. The van der Waals surface area contributed by atoms with Crippen molar-refractivity contribution >= 4 is 28.6 Å². The monoisotopic (exact) mass is 572 g/mol. The SMILES string of the molecule is CC(C)Cn1c(=O)n(C)c(=O)c2c(Nc3ccccc3)n(Cc3ccc(C4CCCN4C(=O)OC(C)(C)C)cc3)nc21. The van der Waals surface area contributed by atoms with Crippen molar-refractivity contribution in [1.29, 1.82) is 0 Å². The first kappa shape index (κ1) is 29.2. The van der Waals surface area contributed by atoms with E-state index in [4.69, 9.17) is 9.84 Å². The number of rotatable bonds is 7. The lowest BCUT2D eigenvalue weighted by Gasteiger charge is -2.29. The summed E-state index contributed by atoms with van der Waals surface area (Å²) in [6, 6.07) is 17.7. The molecule has 222 valence electrons. The maximum Gasteiger partial charge on any atom is 0.410 e. The standard InChI is InChI=1S/C32H40N6O4/c1-21(2)19-37-28-26(29(39)35(6)30(37)40)27(33-24-11-8-7-9-12-24)38(34-28)20-22-14-16-23(17-15-22)25-13-10-18-36(25)31(41)42-32(3,4)5/h7-9,11-12,14-17,21,25,33H,10,13,18-20H2,1-6H3. The van der Waals surface area contributed by atoms with Crippen LogP contribution in [0, 0.1) is 5.92 Å². The van der Waals surface area contributed by atoms with Gasteiger partial charge in [-0.2, -0.15) is 5.10 Å². The number of hydrogen-bond acceptors (Lipinski definition) is 6. The van der Waals surface area contributed by atoms with Gasteiger partial charge in [-0.15, -0.1) is 0 Å². The first-order valence-corrected chi connectivity index (χ1v) is 14.5. The summed E-state index contributed by atoms with van der Waals surface area (Å²) in [6.07, 6.45) is 1.51. The number of anilines is 2. The van der Waals surface area contributed by atoms with Crippen molar-refractivity contribution in [3.8, 4) is 0 Å². The average Bonchev–Trinajstić information content (AvgIpc) is 3.56. The van der Waals surface area contributed by atoms with Gasteiger partial charge in [-0.05, 0) is 62.8 Å². The lowest BCUT2D eigenvalue weighted by Crippen LogP contribution is -2.38. The van der Waals surface area contributed by atoms with E-state index in [1.165, 1.54) is 7.05 Å². The van der Waals surface area contributed by atoms with Gasteiger partial charge in [0.15, 0.2) is 5.65 Å². The van der Waals surface area contributed by atoms with Crippen LogP contribution in [0.3, 0.4) is 0 Å². The summed E-state index contributed by atoms with van der Waals surface area (Å²) in [6.45, 7) is 11.2. The third-order valence-corrected chi connectivity index (χ3v) is 7.39. The molecule has 5 rings (SSSR count). The van der Waals surface area contributed by atoms with E-state index in [1.807, 2.05) is 94.1 Å². The van der Waals surface area contributed by atoms with Crippen LogP contribution in [0.2, 0.25) is 0 Å². The highest BCUT2D eigenvalue weighted by Gasteiger charge is 2.33. The Morgan fingerprint density at radius 3 is 2.40 bits per heavy atom. The molecule has 0 bridgehead atoms. The Kier molecular flexibility index (Phi) is 7.99. The highest BCUT2D eigenvalue weighted by atomic mass is 16.6. The second kappa shape index (κ2) is 11.5. The van der Waals surface area contributed by atoms with Gasteiger partial charge in [-0.3, -0.25) is 13.9 Å². The molecule has 0 aliphatic carbocycles. The molecule has 1 atom stereocenters. The highest BCUT2D eigenvalue weighted by molar-refractivity contribution is 5.89. The van der Waals surface area contributed by atoms with E-state index in [0.717, 1.165) is 34.2 Å². The summed E-state index contributed by atoms with van der Waals surface area (Å²) in [5.41, 5.74) is 1.88. The van der Waals surface area contributed by atoms with Crippen molar-refractivity contribution < 1.29 is 9.53 Å². The molecule has 0 radical (unpaired) electrons. The number of likely N-dealkylation sites (tertiary alicyclic amines) is 1. The van der Waals surface area contributed by atoms with E-state index in [2.05, 4.69) is 5.32 Å². The van der Waals surface area contributed by atoms with Gasteiger partial charge in [0.25, 0.3) is 5.56 Å². The molecule has 0 spiro atoms. The molecule has 1 unspecified atom stereocenters. The molecular formula is C32H40N6O4. The van der Waals surface area contributed by atoms with Gasteiger partial charge in [0.1, 0.15) is 16.8 Å². The Labute approximate surface area is 245 Å². The fourth-order valence-electron chi connectivity index (χ4n) is 5.46. The number of carbonyl (C=O) groups excluding carboxylic acids is 1. The molecule has 1 fully saturated rings. The molecule has 0 saturated carbocycles. The van der Waals surface area contributed by atoms with Crippen LogP contribution in [-0.2, 0) is 24.9 Å². The molecule has 1 amide bonds. The molecule has 1 saturated heterocycles. The van der Waals surface area contributed by atoms with Crippen LogP contribution in [0.15, 0.2) is 64.2 Å². The second-order valence-electron chi connectivity index (χ2n) is 12.4. The van der Waals surface area contributed by atoms with Crippen LogP contribution in [0.25, 0.3) is 11.0 Å². The Hall–Kier alpha value is -4.34. The van der Waals surface area contributed by atoms with Crippen molar-refractivity contribution in [2.45, 2.75) is 72.2 Å². The Bertz CT molecular complexity index is 1690. The number of aromatic nitrogens is 4. The molecule has 42 heavy (non-hydrogen) atoms. The number of nitrogens with one attached hydrogen (secondary N) is 1. The minimum atomic E-state index is -0.548. The molecule has 1 aliphatic heterocycles. The number of benzene rings is 2. The Morgan fingerprint density at radius 2 is 1.76 bits per heavy atom. The third kappa shape index (κ3) is 5.98. The second-order valence-corrected chi connectivity index (χ2v) is 12.4. The van der Waals surface area contributed by atoms with Gasteiger partial charge in [0.2, 0.25) is 0 Å². The molecule has 2 aromatic heterocycles. The van der Waals surface area contributed by atoms with Crippen LogP contribution < -0.4 is 16.6 Å². The van der Waals surface area contributed by atoms with Crippen molar-refractivity contribution in [2.24, 2.45) is 13.0 Å². The van der Waals surface area contributed by atoms with Crippen LogP contribution in [0.4, 0.5) is 16.3 Å². The lowest BCUT2D eigenvalue weighted by atomic mass is 10.0. The molecule has 10 heteroatoms. The molecule has 3 heterocycles. The topological polar surface area (TPSA) is 103 Å². The first-order chi connectivity index (χ1) is 19.9. The average molecular weight is 573 g/mol. The van der Waals surface area contributed by atoms with Crippen LogP contribution in [0.1, 0.15) is 64.6 Å². The quantitative estimate of drug-likeness (QED) is 0.317. The van der Waals surface area contributed by atoms with Crippen LogP contribution in [-0.4, -0.2) is 42.1 Å². The van der Waals surface area contributed by atoms with E-state index in [9.17, 15) is 14.4 Å². The van der Waals surface area contributed by atoms with Gasteiger partial charge < -0.3 is 15.0 Å². The van der Waals surface area contributed by atoms with Crippen molar-refractivity contribution in [2.75, 3.05) is 11.9 Å². The first-order valence-electron chi connectivity index (χ1n) is 14.5. The number of nitrogens with zero attached hydrogens (tertiary/aromatic N) is 5. The fourth-order valence-corrected chi connectivity index (χ4v) is 5.46. The third-order valence-electron chi connectivity index (χ3n) is 7.39. The zero-order chi connectivity index (χ0) is 30.2. The largest absolute Gasteiger partial charge is 0.444 e. The molecule has 1 aliphatic rings. The molecular weight excluding hydrogens is 532 g/mol. The van der Waals surface area contributed by atoms with Gasteiger partial charge in [-0.25, -0.2) is 14.3 Å². The van der Waals surface area contributed by atoms with E-state index >= 15 is 0 Å². The van der Waals surface area contributed by atoms with Gasteiger partial charge in [-0.1, -0.05) is 56.3 Å². The summed E-state index contributed by atoms with van der Waals surface area (Å²) in [4.78, 5) is 41.2. The zero-order valence-corrected chi connectivity index (χ0v) is 25.3. The van der Waals surface area contributed by atoms with Gasteiger partial charge in [0, 0.05) is 25.8 Å². The number of hydrogen-bond donors (Lipinski definition) is 1. The summed E-state index contributed by atoms with van der Waals surface area (Å²) in [7, 11) is 1.51. The summed E-state index contributed by atoms with van der Waals surface area (Å²) in [5, 5.41) is 8.59. The Morgan fingerprint density at radius 1 is 1.07 bits per heavy atom. The van der Waals surface area contributed by atoms with Crippen LogP contribution in [0.5, 0.6) is 0 Å². The van der Waals surface area contributed by atoms with E-state index in [1.54, 1.807) is 9.25 Å². The van der Waals surface area contributed by atoms with E-state index in [0.29, 0.717) is 36.5 Å². The van der Waals surface area contributed by atoms with Crippen molar-refractivity contribution in [1.82, 2.24) is 23.8 Å². The zero-order valence-electron chi connectivity index (χ0n) is 25.3. The van der Waals surface area contributed by atoms with Crippen molar-refractivity contribution in [3.63, 3.8) is 0 Å². The Balaban J connectivity index is 1.51. The molecule has 1 N–H and O–H groups in total. The fraction of sp³-hybridized carbons (Fsp3) is 0.438. The number of carbonyl (C=O) groups is 1. The number of fused-ring (bicyclic) bond motifs is 1. The predicted molar refractivity (Wildman–Crippen MR) is 164 cm³/mol. The van der Waals surface area contributed by atoms with Crippen LogP contribution >= 0.6 is 0 Å². The smallest absolute Gasteiger partial charge is 0.410 e. The van der Waals surface area contributed by atoms with E-state index < -0.39 is 11.2 Å². The molecule has 2 aromatic carbocycles. The minimum Gasteiger partial charge on any atom is -0.444 e. The maximum atomic E-state index is 13.4. The van der Waals surface area contributed by atoms with Gasteiger partial charge in [0.05, 0.1) is 12.6 Å². The summed E-state index contributed by atoms with van der Waals surface area (Å²) >= 11 is 0. The molecule has 4 aromatic rings. The van der Waals surface area contributed by atoms with Crippen molar-refractivity contribution in [3.05, 3.63) is 86.6 Å². The number of ether oxygens (including phenoxy) is 1. The minimum absolute atomic E-state index is 0.0370. The molecule has 10 nitrogen and oxygen atoms in total. The lowest BCUT2D eigenvalue weighted by molar-refractivity contribution is 0.0224. The van der Waals surface area contributed by atoms with Gasteiger partial charge >= 0.3 is 11.8 Å². The normalized spacial score (nSPS) is 15.5. The summed E-state index contributed by atoms with van der Waals surface area (Å²) in [5.74, 6) is 0.715. The maximum absolute atomic E-state index is 13.4. The predicted octanol–water partition coefficient (Wildman–Crippen LogP) is 5.42. The highest BCUT2D eigenvalue weighted by Crippen LogP contribution is 2.33. The van der Waals surface area contributed by atoms with E-state index in [-0.39, 0.29) is 23.7 Å².